The van der Waals surface area contributed by atoms with Crippen LogP contribution in [0.1, 0.15) is 77.3 Å². The molecule has 0 spiro atoms. The van der Waals surface area contributed by atoms with Crippen LogP contribution < -0.4 is 0 Å². The molecule has 0 bridgehead atoms. The smallest absolute Gasteiger partial charge is 0.132 e. The Morgan fingerprint density at radius 1 is 1.17 bits per heavy atom. The molecule has 0 fully saturated rings. The first-order valence-electron chi connectivity index (χ1n) is 9.30. The number of ketones is 1. The number of halogens is 1. The summed E-state index contributed by atoms with van der Waals surface area (Å²) in [6, 6.07) is 5.45. The lowest BCUT2D eigenvalue weighted by Crippen LogP contribution is -2.19. The molecule has 0 aliphatic rings. The minimum atomic E-state index is -0.117. The lowest BCUT2D eigenvalue weighted by molar-refractivity contribution is -0.120. The molecular formula is C21H33FO. The average molecular weight is 320 g/mol. The van der Waals surface area contributed by atoms with Crippen LogP contribution >= 0.6 is 0 Å². The van der Waals surface area contributed by atoms with Crippen LogP contribution in [0.4, 0.5) is 4.39 Å². The summed E-state index contributed by atoms with van der Waals surface area (Å²) in [6.07, 6.45) is 7.76. The number of hydrogen-bond acceptors (Lipinski definition) is 1. The first kappa shape index (κ1) is 19.9. The average Bonchev–Trinajstić information content (AvgIpc) is 2.55. The molecule has 0 aromatic heterocycles. The topological polar surface area (TPSA) is 17.1 Å². The van der Waals surface area contributed by atoms with Gasteiger partial charge < -0.3 is 0 Å². The van der Waals surface area contributed by atoms with Gasteiger partial charge in [-0.3, -0.25) is 4.79 Å². The Labute approximate surface area is 141 Å². The Kier molecular flexibility index (Phi) is 9.13. The van der Waals surface area contributed by atoms with Gasteiger partial charge in [-0.15, -0.1) is 0 Å². The molecule has 0 saturated carbocycles. The molecule has 0 amide bonds. The van der Waals surface area contributed by atoms with Crippen molar-refractivity contribution < 1.29 is 9.18 Å². The summed E-state index contributed by atoms with van der Waals surface area (Å²) in [6.45, 7) is 8.41. The van der Waals surface area contributed by atoms with Crippen LogP contribution in [0.3, 0.4) is 0 Å². The number of hydrogen-bond donors (Lipinski definition) is 0. The quantitative estimate of drug-likeness (QED) is 0.448. The van der Waals surface area contributed by atoms with Crippen molar-refractivity contribution in [3.63, 3.8) is 0 Å². The van der Waals surface area contributed by atoms with Gasteiger partial charge in [0.15, 0.2) is 0 Å². The zero-order valence-corrected chi connectivity index (χ0v) is 15.3. The predicted octanol–water partition coefficient (Wildman–Crippen LogP) is 6.13. The van der Waals surface area contributed by atoms with Crippen LogP contribution in [-0.4, -0.2) is 5.78 Å². The SMILES string of the molecule is CCCCCC(C)C(CC(=O)CC)Cc1ccc(F)c(CC)c1. The van der Waals surface area contributed by atoms with Gasteiger partial charge in [0.2, 0.25) is 0 Å². The van der Waals surface area contributed by atoms with Crippen molar-refractivity contribution in [3.05, 3.63) is 35.1 Å². The maximum atomic E-state index is 13.7. The molecule has 0 saturated heterocycles. The third kappa shape index (κ3) is 6.85. The lowest BCUT2D eigenvalue weighted by atomic mass is 9.81. The molecule has 1 rings (SSSR count). The van der Waals surface area contributed by atoms with Crippen molar-refractivity contribution >= 4 is 5.78 Å². The van der Waals surface area contributed by atoms with Gasteiger partial charge in [-0.05, 0) is 41.9 Å². The van der Waals surface area contributed by atoms with E-state index in [2.05, 4.69) is 13.8 Å². The second kappa shape index (κ2) is 10.6. The minimum absolute atomic E-state index is 0.117. The normalized spacial score (nSPS) is 13.8. The van der Waals surface area contributed by atoms with Crippen molar-refractivity contribution in [1.82, 2.24) is 0 Å². The summed E-state index contributed by atoms with van der Waals surface area (Å²) in [5, 5.41) is 0. The second-order valence-corrected chi connectivity index (χ2v) is 6.81. The van der Waals surface area contributed by atoms with Crippen LogP contribution in [0.15, 0.2) is 18.2 Å². The van der Waals surface area contributed by atoms with Crippen LogP contribution in [0.2, 0.25) is 0 Å². The Balaban J connectivity index is 2.80. The largest absolute Gasteiger partial charge is 0.300 e. The number of carbonyl (C=O) groups is 1. The summed E-state index contributed by atoms with van der Waals surface area (Å²) >= 11 is 0. The first-order chi connectivity index (χ1) is 11.0. The Hall–Kier alpha value is -1.18. The molecule has 1 nitrogen and oxygen atoms in total. The third-order valence-electron chi connectivity index (χ3n) is 4.94. The van der Waals surface area contributed by atoms with E-state index in [1.807, 2.05) is 26.0 Å². The number of benzene rings is 1. The van der Waals surface area contributed by atoms with Gasteiger partial charge in [-0.2, -0.15) is 0 Å². The fourth-order valence-corrected chi connectivity index (χ4v) is 3.19. The highest BCUT2D eigenvalue weighted by molar-refractivity contribution is 5.78. The van der Waals surface area contributed by atoms with Gasteiger partial charge >= 0.3 is 0 Å². The van der Waals surface area contributed by atoms with E-state index in [4.69, 9.17) is 0 Å². The molecule has 0 aliphatic carbocycles. The van der Waals surface area contributed by atoms with E-state index >= 15 is 0 Å². The monoisotopic (exact) mass is 320 g/mol. The molecule has 2 atom stereocenters. The summed E-state index contributed by atoms with van der Waals surface area (Å²) in [7, 11) is 0. The van der Waals surface area contributed by atoms with Crippen molar-refractivity contribution in [2.45, 2.75) is 79.1 Å². The number of rotatable bonds is 11. The molecule has 0 N–H and O–H groups in total. The lowest BCUT2D eigenvalue weighted by Gasteiger charge is -2.24. The van der Waals surface area contributed by atoms with E-state index in [0.29, 0.717) is 36.9 Å². The maximum absolute atomic E-state index is 13.7. The summed E-state index contributed by atoms with van der Waals surface area (Å²) in [4.78, 5) is 12.0. The molecular weight excluding hydrogens is 287 g/mol. The zero-order chi connectivity index (χ0) is 17.2. The number of carbonyl (C=O) groups excluding carboxylic acids is 1. The van der Waals surface area contributed by atoms with Crippen LogP contribution in [0, 0.1) is 17.7 Å². The van der Waals surface area contributed by atoms with Crippen LogP contribution in [0.25, 0.3) is 0 Å². The summed E-state index contributed by atoms with van der Waals surface area (Å²) in [5.41, 5.74) is 1.95. The molecule has 130 valence electrons. The Morgan fingerprint density at radius 2 is 1.91 bits per heavy atom. The van der Waals surface area contributed by atoms with Gasteiger partial charge in [0.25, 0.3) is 0 Å². The molecule has 0 heterocycles. The molecule has 1 aromatic rings. The second-order valence-electron chi connectivity index (χ2n) is 6.81. The zero-order valence-electron chi connectivity index (χ0n) is 15.3. The van der Waals surface area contributed by atoms with Crippen LogP contribution in [0.5, 0.6) is 0 Å². The molecule has 0 aliphatic heterocycles. The molecule has 2 unspecified atom stereocenters. The van der Waals surface area contributed by atoms with E-state index in [0.717, 1.165) is 12.0 Å². The number of unbranched alkanes of at least 4 members (excludes halogenated alkanes) is 2. The fourth-order valence-electron chi connectivity index (χ4n) is 3.19. The van der Waals surface area contributed by atoms with Gasteiger partial charge in [-0.25, -0.2) is 4.39 Å². The van der Waals surface area contributed by atoms with E-state index in [9.17, 15) is 9.18 Å². The Morgan fingerprint density at radius 3 is 2.52 bits per heavy atom. The van der Waals surface area contributed by atoms with Crippen molar-refractivity contribution in [1.29, 1.82) is 0 Å². The molecule has 1 aromatic carbocycles. The van der Waals surface area contributed by atoms with Gasteiger partial charge in [0, 0.05) is 12.8 Å². The van der Waals surface area contributed by atoms with Gasteiger partial charge in [0.1, 0.15) is 11.6 Å². The highest BCUT2D eigenvalue weighted by Crippen LogP contribution is 2.27. The standard InChI is InChI=1S/C21H33FO/c1-5-8-9-10-16(4)19(15-20(23)7-3)14-17-11-12-21(22)18(6-2)13-17/h11-13,16,19H,5-10,14-15H2,1-4H3. The molecule has 0 radical (unpaired) electrons. The van der Waals surface area contributed by atoms with Crippen molar-refractivity contribution in [3.8, 4) is 0 Å². The van der Waals surface area contributed by atoms with Crippen molar-refractivity contribution in [2.75, 3.05) is 0 Å². The number of aryl methyl sites for hydroxylation is 1. The number of Topliss-reactive ketones (excluding diaryl/α,β-unsaturated/α-hetero) is 1. The predicted molar refractivity (Wildman–Crippen MR) is 96.2 cm³/mol. The van der Waals surface area contributed by atoms with E-state index < -0.39 is 0 Å². The summed E-state index contributed by atoms with van der Waals surface area (Å²) < 4.78 is 13.7. The molecule has 2 heteroatoms. The minimum Gasteiger partial charge on any atom is -0.300 e. The highest BCUT2D eigenvalue weighted by atomic mass is 19.1. The molecule has 23 heavy (non-hydrogen) atoms. The van der Waals surface area contributed by atoms with Crippen LogP contribution in [-0.2, 0) is 17.6 Å². The van der Waals surface area contributed by atoms with Crippen molar-refractivity contribution in [2.24, 2.45) is 11.8 Å². The van der Waals surface area contributed by atoms with E-state index in [-0.39, 0.29) is 5.82 Å². The summed E-state index contributed by atoms with van der Waals surface area (Å²) in [5.74, 6) is 1.13. The first-order valence-corrected chi connectivity index (χ1v) is 9.30. The fraction of sp³-hybridized carbons (Fsp3) is 0.667. The third-order valence-corrected chi connectivity index (χ3v) is 4.94. The highest BCUT2D eigenvalue weighted by Gasteiger charge is 2.20. The van der Waals surface area contributed by atoms with Gasteiger partial charge in [-0.1, -0.05) is 65.5 Å². The maximum Gasteiger partial charge on any atom is 0.132 e. The Bertz CT molecular complexity index is 481. The van der Waals surface area contributed by atoms with E-state index in [1.165, 1.54) is 31.2 Å². The van der Waals surface area contributed by atoms with Gasteiger partial charge in [0.05, 0.1) is 0 Å². The van der Waals surface area contributed by atoms with E-state index in [1.54, 1.807) is 6.07 Å².